The van der Waals surface area contributed by atoms with Crippen molar-refractivity contribution in [2.75, 3.05) is 0 Å². The fourth-order valence-corrected chi connectivity index (χ4v) is 10.4. The molecule has 0 spiro atoms. The van der Waals surface area contributed by atoms with Crippen LogP contribution in [-0.2, 0) is 0 Å². The Labute approximate surface area is 425 Å². The van der Waals surface area contributed by atoms with Gasteiger partial charge in [0.05, 0.1) is 45.1 Å². The third kappa shape index (κ3) is 7.41. The van der Waals surface area contributed by atoms with Crippen molar-refractivity contribution in [2.24, 2.45) is 0 Å². The topological polar surface area (TPSA) is 150 Å². The highest BCUT2D eigenvalue weighted by atomic mass is 15.1. The zero-order valence-corrected chi connectivity index (χ0v) is 40.7. The lowest BCUT2D eigenvalue weighted by Gasteiger charge is -2.22. The number of aryl methyl sites for hydroxylation is 4. The number of hydrogen-bond acceptors (Lipinski definition) is 10. The maximum Gasteiger partial charge on any atom is 0.164 e. The van der Waals surface area contributed by atoms with E-state index in [9.17, 15) is 5.26 Å². The lowest BCUT2D eigenvalue weighted by atomic mass is 9.91. The van der Waals surface area contributed by atoms with Crippen molar-refractivity contribution >= 4 is 43.6 Å². The van der Waals surface area contributed by atoms with Crippen molar-refractivity contribution < 1.29 is 0 Å². The molecule has 0 atom stereocenters. The monoisotopic (exact) mass is 954 g/mol. The summed E-state index contributed by atoms with van der Waals surface area (Å²) >= 11 is 0. The van der Waals surface area contributed by atoms with Crippen molar-refractivity contribution in [3.8, 4) is 85.5 Å². The highest BCUT2D eigenvalue weighted by Gasteiger charge is 2.27. The number of nitrogens with zero attached hydrogens (tertiary/aromatic N) is 12. The SMILES string of the molecule is Cc1nc(C)nc(-c2ccc3c(c2)c2ccccc2n3-c2cccc(C#N)c2-c2c(-c3nc(-c4ccccc4)nc(-c4ccccc4)n3)cccc2-n2c3ccccc3c3cc(-c4nc(C)nc(C)n4)ccc32)n1. The van der Waals surface area contributed by atoms with Gasteiger partial charge in [0.25, 0.3) is 0 Å². The Balaban J connectivity index is 1.15. The summed E-state index contributed by atoms with van der Waals surface area (Å²) in [4.78, 5) is 43.6. The number of aromatic nitrogens is 11. The van der Waals surface area contributed by atoms with Crippen LogP contribution >= 0.6 is 0 Å². The smallest absolute Gasteiger partial charge is 0.164 e. The number of rotatable bonds is 8. The van der Waals surface area contributed by atoms with E-state index in [4.69, 9.17) is 34.9 Å². The van der Waals surface area contributed by atoms with Gasteiger partial charge in [-0.15, -0.1) is 0 Å². The molecule has 0 saturated carbocycles. The highest BCUT2D eigenvalue weighted by Crippen LogP contribution is 2.46. The lowest BCUT2D eigenvalue weighted by molar-refractivity contribution is 0.928. The van der Waals surface area contributed by atoms with Crippen molar-refractivity contribution in [3.63, 3.8) is 0 Å². The molecule has 0 aliphatic carbocycles. The van der Waals surface area contributed by atoms with Gasteiger partial charge in [0, 0.05) is 60.5 Å². The minimum absolute atomic E-state index is 0.451. The maximum atomic E-state index is 11.5. The van der Waals surface area contributed by atoms with Crippen LogP contribution in [0.15, 0.2) is 182 Å². The van der Waals surface area contributed by atoms with Gasteiger partial charge in [-0.25, -0.2) is 44.9 Å². The fourth-order valence-electron chi connectivity index (χ4n) is 10.4. The van der Waals surface area contributed by atoms with E-state index in [1.54, 1.807) is 0 Å². The summed E-state index contributed by atoms with van der Waals surface area (Å²) in [6, 6.07) is 64.3. The van der Waals surface area contributed by atoms with Crippen molar-refractivity contribution in [1.29, 1.82) is 5.26 Å². The summed E-state index contributed by atoms with van der Waals surface area (Å²) < 4.78 is 4.56. The normalized spacial score (nSPS) is 11.5. The van der Waals surface area contributed by atoms with Crippen LogP contribution in [0.2, 0.25) is 0 Å². The Morgan fingerprint density at radius 2 is 0.730 bits per heavy atom. The lowest BCUT2D eigenvalue weighted by Crippen LogP contribution is -2.07. The molecular weight excluding hydrogens is 913 g/mol. The van der Waals surface area contributed by atoms with E-state index in [0.717, 1.165) is 82.8 Å². The molecule has 12 heteroatoms. The molecule has 0 unspecified atom stereocenters. The second-order valence-corrected chi connectivity index (χ2v) is 18.2. The Morgan fingerprint density at radius 1 is 0.324 bits per heavy atom. The molecule has 0 amide bonds. The van der Waals surface area contributed by atoms with Crippen LogP contribution in [0.1, 0.15) is 28.9 Å². The minimum atomic E-state index is 0.451. The molecular formula is C62H42N12. The average Bonchev–Trinajstić information content (AvgIpc) is 3.94. The third-order valence-electron chi connectivity index (χ3n) is 13.5. The van der Waals surface area contributed by atoms with E-state index in [1.807, 2.05) is 100 Å². The summed E-state index contributed by atoms with van der Waals surface area (Å²) in [6.07, 6.45) is 0. The first-order chi connectivity index (χ1) is 36.3. The van der Waals surface area contributed by atoms with Gasteiger partial charge in [0.1, 0.15) is 23.3 Å². The molecule has 0 N–H and O–H groups in total. The van der Waals surface area contributed by atoms with Gasteiger partial charge in [-0.05, 0) is 94.4 Å². The Morgan fingerprint density at radius 3 is 1.22 bits per heavy atom. The number of para-hydroxylation sites is 2. The van der Waals surface area contributed by atoms with E-state index in [0.29, 0.717) is 69.1 Å². The van der Waals surface area contributed by atoms with Crippen molar-refractivity contribution in [3.05, 3.63) is 211 Å². The van der Waals surface area contributed by atoms with Crippen molar-refractivity contribution in [2.45, 2.75) is 27.7 Å². The average molecular weight is 955 g/mol. The molecule has 0 radical (unpaired) electrons. The second kappa shape index (κ2) is 17.6. The summed E-state index contributed by atoms with van der Waals surface area (Å²) in [5.41, 5.74) is 11.5. The molecule has 0 bridgehead atoms. The first kappa shape index (κ1) is 43.9. The van der Waals surface area contributed by atoms with E-state index in [1.165, 1.54) is 0 Å². The number of nitriles is 1. The fraction of sp³-hybridized carbons (Fsp3) is 0.0645. The third-order valence-corrected chi connectivity index (χ3v) is 13.5. The van der Waals surface area contributed by atoms with Gasteiger partial charge < -0.3 is 9.13 Å². The molecule has 0 aliphatic heterocycles. The molecule has 5 aromatic heterocycles. The molecule has 0 fully saturated rings. The zero-order chi connectivity index (χ0) is 50.0. The first-order valence-electron chi connectivity index (χ1n) is 24.3. The summed E-state index contributed by atoms with van der Waals surface area (Å²) in [7, 11) is 0. The molecule has 0 saturated heterocycles. The van der Waals surface area contributed by atoms with E-state index >= 15 is 0 Å². The Hall–Kier alpha value is -10.1. The van der Waals surface area contributed by atoms with Crippen LogP contribution in [0.3, 0.4) is 0 Å². The van der Waals surface area contributed by atoms with E-state index in [2.05, 4.69) is 134 Å². The molecule has 12 nitrogen and oxygen atoms in total. The van der Waals surface area contributed by atoms with Gasteiger partial charge in [-0.2, -0.15) is 5.26 Å². The molecule has 350 valence electrons. The van der Waals surface area contributed by atoms with E-state index in [-0.39, 0.29) is 0 Å². The zero-order valence-electron chi connectivity index (χ0n) is 40.7. The van der Waals surface area contributed by atoms with Gasteiger partial charge in [-0.3, -0.25) is 0 Å². The largest absolute Gasteiger partial charge is 0.309 e. The Kier molecular flexibility index (Phi) is 10.4. The first-order valence-corrected chi connectivity index (χ1v) is 24.3. The van der Waals surface area contributed by atoms with Gasteiger partial charge in [-0.1, -0.05) is 115 Å². The predicted molar refractivity (Wildman–Crippen MR) is 292 cm³/mol. The predicted octanol–water partition coefficient (Wildman–Crippen LogP) is 13.5. The minimum Gasteiger partial charge on any atom is -0.309 e. The molecule has 13 rings (SSSR count). The number of benzene rings is 8. The summed E-state index contributed by atoms with van der Waals surface area (Å²) in [6.45, 7) is 7.54. The van der Waals surface area contributed by atoms with Crippen LogP contribution in [0.5, 0.6) is 0 Å². The van der Waals surface area contributed by atoms with Crippen molar-refractivity contribution in [1.82, 2.24) is 54.0 Å². The highest BCUT2D eigenvalue weighted by molar-refractivity contribution is 6.13. The standard InChI is InChI=1S/C62H42N12/c1-36-64-37(2)67-60(66-36)42-29-31-52-48(33-42)45-22-11-13-25-50(45)73(52)54-27-15-21-44(35-63)56(54)57-47(62-71-58(40-17-7-5-8-18-40)70-59(72-62)41-19-9-6-10-20-41)24-16-28-55(57)74-51-26-14-12-23-46(51)49-34-43(30-32-53(49)74)61-68-38(3)65-39(4)69-61/h5-34H,1-4H3. The summed E-state index contributed by atoms with van der Waals surface area (Å²) in [5, 5.41) is 15.6. The van der Waals surface area contributed by atoms with Crippen LogP contribution in [0.25, 0.3) is 123 Å². The van der Waals surface area contributed by atoms with Gasteiger partial charge in [0.2, 0.25) is 0 Å². The molecule has 5 heterocycles. The Bertz CT molecular complexity index is 4340. The number of fused-ring (bicyclic) bond motifs is 6. The number of hydrogen-bond donors (Lipinski definition) is 0. The van der Waals surface area contributed by atoms with Gasteiger partial charge >= 0.3 is 0 Å². The quantitative estimate of drug-likeness (QED) is 0.144. The second-order valence-electron chi connectivity index (χ2n) is 18.2. The summed E-state index contributed by atoms with van der Waals surface area (Å²) in [5.74, 6) is 5.34. The van der Waals surface area contributed by atoms with E-state index < -0.39 is 0 Å². The molecule has 0 aliphatic rings. The molecule has 13 aromatic rings. The molecule has 8 aromatic carbocycles. The van der Waals surface area contributed by atoms with Crippen LogP contribution < -0.4 is 0 Å². The molecule has 74 heavy (non-hydrogen) atoms. The van der Waals surface area contributed by atoms with Crippen LogP contribution in [-0.4, -0.2) is 54.0 Å². The van der Waals surface area contributed by atoms with Crippen LogP contribution in [0.4, 0.5) is 0 Å². The van der Waals surface area contributed by atoms with Gasteiger partial charge in [0.15, 0.2) is 29.1 Å². The maximum absolute atomic E-state index is 11.5. The van der Waals surface area contributed by atoms with Crippen LogP contribution in [0, 0.1) is 39.0 Å².